The van der Waals surface area contributed by atoms with Crippen LogP contribution in [0.15, 0.2) is 49.6 Å². The fourth-order valence-electron chi connectivity index (χ4n) is 1.53. The van der Waals surface area contributed by atoms with Gasteiger partial charge in [0.15, 0.2) is 5.11 Å². The Morgan fingerprint density at radius 1 is 1.25 bits per heavy atom. The molecule has 2 nitrogen and oxygen atoms in total. The summed E-state index contributed by atoms with van der Waals surface area (Å²) in [5.74, 6) is 0. The zero-order valence-corrected chi connectivity index (χ0v) is 11.6. The molecule has 0 amide bonds. The molecule has 0 saturated carbocycles. The minimum Gasteiger partial charge on any atom is -0.342 e. The third kappa shape index (κ3) is 4.70. The van der Waals surface area contributed by atoms with Gasteiger partial charge in [0.25, 0.3) is 0 Å². The Hall–Kier alpha value is -1.82. The van der Waals surface area contributed by atoms with Gasteiger partial charge in [0.2, 0.25) is 0 Å². The van der Waals surface area contributed by atoms with Gasteiger partial charge in [-0.25, -0.2) is 0 Å². The van der Waals surface area contributed by atoms with Crippen LogP contribution in [0.4, 0.5) is 18.9 Å². The summed E-state index contributed by atoms with van der Waals surface area (Å²) in [5.41, 5.74) is -0.424. The molecule has 0 fully saturated rings. The van der Waals surface area contributed by atoms with Gasteiger partial charge in [0.1, 0.15) is 0 Å². The minimum atomic E-state index is -4.37. The Labute approximate surface area is 121 Å². The summed E-state index contributed by atoms with van der Waals surface area (Å²) >= 11 is 5.16. The number of thiocarbonyl (C=S) groups is 1. The smallest absolute Gasteiger partial charge is 0.342 e. The average Bonchev–Trinajstić information content (AvgIpc) is 2.38. The molecule has 6 heteroatoms. The van der Waals surface area contributed by atoms with E-state index < -0.39 is 11.7 Å². The van der Waals surface area contributed by atoms with Crippen molar-refractivity contribution in [3.8, 4) is 0 Å². The molecule has 0 radical (unpaired) electrons. The zero-order valence-electron chi connectivity index (χ0n) is 10.8. The first kappa shape index (κ1) is 16.2. The van der Waals surface area contributed by atoms with Gasteiger partial charge in [-0.05, 0) is 30.4 Å². The molecule has 1 N–H and O–H groups in total. The molecule has 0 heterocycles. The SMILES string of the molecule is C=CCN(CC=C)C(=S)Nc1cccc(C(F)(F)F)c1. The first-order chi connectivity index (χ1) is 9.38. The van der Waals surface area contributed by atoms with Crippen LogP contribution >= 0.6 is 12.2 Å². The van der Waals surface area contributed by atoms with E-state index >= 15 is 0 Å². The molecule has 0 spiro atoms. The highest BCUT2D eigenvalue weighted by molar-refractivity contribution is 7.80. The predicted octanol–water partition coefficient (Wildman–Crippen LogP) is 4.08. The lowest BCUT2D eigenvalue weighted by Gasteiger charge is -2.23. The van der Waals surface area contributed by atoms with Gasteiger partial charge in [-0.15, -0.1) is 13.2 Å². The molecular weight excluding hydrogens is 285 g/mol. The topological polar surface area (TPSA) is 15.3 Å². The highest BCUT2D eigenvalue weighted by Crippen LogP contribution is 2.30. The fourth-order valence-corrected chi connectivity index (χ4v) is 1.79. The summed E-state index contributed by atoms with van der Waals surface area (Å²) in [6.45, 7) is 8.18. The summed E-state index contributed by atoms with van der Waals surface area (Å²) in [5, 5.41) is 3.11. The number of anilines is 1. The summed E-state index contributed by atoms with van der Waals surface area (Å²) in [7, 11) is 0. The van der Waals surface area contributed by atoms with Crippen LogP contribution < -0.4 is 5.32 Å². The first-order valence-corrected chi connectivity index (χ1v) is 6.24. The number of nitrogens with zero attached hydrogens (tertiary/aromatic N) is 1. The van der Waals surface area contributed by atoms with Crippen LogP contribution in [-0.2, 0) is 6.18 Å². The van der Waals surface area contributed by atoms with Crippen molar-refractivity contribution in [2.75, 3.05) is 18.4 Å². The third-order valence-electron chi connectivity index (χ3n) is 2.43. The van der Waals surface area contributed by atoms with E-state index in [0.717, 1.165) is 12.1 Å². The molecule has 0 aliphatic rings. The highest BCUT2D eigenvalue weighted by Gasteiger charge is 2.30. The number of benzene rings is 1. The summed E-state index contributed by atoms with van der Waals surface area (Å²) in [4.78, 5) is 1.73. The largest absolute Gasteiger partial charge is 0.416 e. The number of rotatable bonds is 5. The average molecular weight is 300 g/mol. The number of nitrogens with one attached hydrogen (secondary N) is 1. The molecule has 0 aromatic heterocycles. The van der Waals surface area contributed by atoms with Crippen molar-refractivity contribution in [3.63, 3.8) is 0 Å². The van der Waals surface area contributed by atoms with Crippen LogP contribution in [-0.4, -0.2) is 23.1 Å². The highest BCUT2D eigenvalue weighted by atomic mass is 32.1. The van der Waals surface area contributed by atoms with Crippen LogP contribution in [0.25, 0.3) is 0 Å². The number of hydrogen-bond acceptors (Lipinski definition) is 1. The van der Waals surface area contributed by atoms with Crippen molar-refractivity contribution in [2.24, 2.45) is 0 Å². The van der Waals surface area contributed by atoms with Gasteiger partial charge in [-0.1, -0.05) is 18.2 Å². The second-order valence-corrected chi connectivity index (χ2v) is 4.38. The van der Waals surface area contributed by atoms with E-state index in [2.05, 4.69) is 18.5 Å². The lowest BCUT2D eigenvalue weighted by Crippen LogP contribution is -2.35. The fraction of sp³-hybridized carbons (Fsp3) is 0.214. The Balaban J connectivity index is 2.84. The third-order valence-corrected chi connectivity index (χ3v) is 2.79. The molecule has 0 atom stereocenters. The lowest BCUT2D eigenvalue weighted by atomic mass is 10.2. The maximum Gasteiger partial charge on any atom is 0.416 e. The number of hydrogen-bond donors (Lipinski definition) is 1. The monoisotopic (exact) mass is 300 g/mol. The molecule has 0 aliphatic carbocycles. The summed E-state index contributed by atoms with van der Waals surface area (Å²) in [6, 6.07) is 4.90. The normalized spacial score (nSPS) is 10.8. The van der Waals surface area contributed by atoms with Gasteiger partial charge in [-0.3, -0.25) is 0 Å². The van der Waals surface area contributed by atoms with Gasteiger partial charge >= 0.3 is 6.18 Å². The Morgan fingerprint density at radius 3 is 2.35 bits per heavy atom. The molecule has 20 heavy (non-hydrogen) atoms. The van der Waals surface area contributed by atoms with Crippen molar-refractivity contribution in [2.45, 2.75) is 6.18 Å². The van der Waals surface area contributed by atoms with Crippen molar-refractivity contribution >= 4 is 23.0 Å². The summed E-state index contributed by atoms with van der Waals surface area (Å²) < 4.78 is 37.8. The van der Waals surface area contributed by atoms with E-state index in [1.54, 1.807) is 17.1 Å². The lowest BCUT2D eigenvalue weighted by molar-refractivity contribution is -0.137. The predicted molar refractivity (Wildman–Crippen MR) is 79.6 cm³/mol. The van der Waals surface area contributed by atoms with Crippen LogP contribution in [0, 0.1) is 0 Å². The molecule has 1 rings (SSSR count). The Kier molecular flexibility index (Phi) is 5.76. The van der Waals surface area contributed by atoms with Crippen LogP contribution in [0.1, 0.15) is 5.56 Å². The number of halogens is 3. The molecule has 1 aromatic carbocycles. The second-order valence-electron chi connectivity index (χ2n) is 3.99. The van der Waals surface area contributed by atoms with Gasteiger partial charge in [0, 0.05) is 18.8 Å². The van der Waals surface area contributed by atoms with Crippen molar-refractivity contribution < 1.29 is 13.2 Å². The van der Waals surface area contributed by atoms with Crippen LogP contribution in [0.3, 0.4) is 0 Å². The van der Waals surface area contributed by atoms with E-state index in [1.165, 1.54) is 12.1 Å². The number of alkyl halides is 3. The zero-order chi connectivity index (χ0) is 15.2. The molecular formula is C14H15F3N2S. The van der Waals surface area contributed by atoms with E-state index in [4.69, 9.17) is 12.2 Å². The standard InChI is InChI=1S/C14H15F3N2S/c1-3-8-19(9-4-2)13(20)18-12-7-5-6-11(10-12)14(15,16)17/h3-7,10H,1-2,8-9H2,(H,18,20). The van der Waals surface area contributed by atoms with Crippen LogP contribution in [0.2, 0.25) is 0 Å². The first-order valence-electron chi connectivity index (χ1n) is 5.83. The van der Waals surface area contributed by atoms with Crippen molar-refractivity contribution in [1.82, 2.24) is 4.90 Å². The van der Waals surface area contributed by atoms with E-state index in [0.29, 0.717) is 23.9 Å². The molecule has 0 bridgehead atoms. The van der Waals surface area contributed by atoms with Crippen molar-refractivity contribution in [3.05, 3.63) is 55.1 Å². The van der Waals surface area contributed by atoms with Gasteiger partial charge in [0.05, 0.1) is 5.56 Å². The summed E-state index contributed by atoms with van der Waals surface area (Å²) in [6.07, 6.45) is -1.06. The Bertz CT molecular complexity index is 487. The van der Waals surface area contributed by atoms with Crippen LogP contribution in [0.5, 0.6) is 0 Å². The second kappa shape index (κ2) is 7.09. The van der Waals surface area contributed by atoms with E-state index in [9.17, 15) is 13.2 Å². The molecule has 0 saturated heterocycles. The molecule has 0 unspecified atom stereocenters. The quantitative estimate of drug-likeness (QED) is 0.651. The molecule has 0 aliphatic heterocycles. The molecule has 1 aromatic rings. The van der Waals surface area contributed by atoms with Gasteiger partial charge < -0.3 is 10.2 Å². The molecule has 108 valence electrons. The maximum absolute atomic E-state index is 12.6. The van der Waals surface area contributed by atoms with Gasteiger partial charge in [-0.2, -0.15) is 13.2 Å². The maximum atomic E-state index is 12.6. The Morgan fingerprint density at radius 2 is 1.85 bits per heavy atom. The minimum absolute atomic E-state index is 0.294. The van der Waals surface area contributed by atoms with E-state index in [-0.39, 0.29) is 0 Å². The van der Waals surface area contributed by atoms with Crippen molar-refractivity contribution in [1.29, 1.82) is 0 Å². The van der Waals surface area contributed by atoms with E-state index in [1.807, 2.05) is 0 Å².